The van der Waals surface area contributed by atoms with E-state index in [9.17, 15) is 0 Å². The molecule has 9 heteroatoms. The lowest BCUT2D eigenvalue weighted by atomic mass is 10.0. The van der Waals surface area contributed by atoms with Crippen LogP contribution in [0.1, 0.15) is 0 Å². The van der Waals surface area contributed by atoms with Crippen molar-refractivity contribution >= 4 is 24.1 Å². The van der Waals surface area contributed by atoms with Crippen molar-refractivity contribution in [2.45, 2.75) is 9.79 Å². The summed E-state index contributed by atoms with van der Waals surface area (Å²) in [6, 6.07) is 22.9. The SMILES string of the molecule is COc1ccc(OC)c(-c2c(OC)cccc2SOSc2cccc(OC)c2-c2cc(OC)ccc2OC)c1. The zero-order chi connectivity index (χ0) is 27.8. The molecule has 0 saturated heterocycles. The van der Waals surface area contributed by atoms with E-state index in [1.807, 2.05) is 72.8 Å². The van der Waals surface area contributed by atoms with E-state index in [1.165, 1.54) is 24.1 Å². The van der Waals surface area contributed by atoms with E-state index in [-0.39, 0.29) is 0 Å². The first-order chi connectivity index (χ1) is 19.1. The molecule has 0 aliphatic rings. The standard InChI is InChI=1S/C30H30O7S2/c1-31-19-13-15-23(33-3)21(17-19)29-25(35-5)9-7-11-27(29)38-37-39-28-12-8-10-26(36-6)30(28)22-18-20(32-2)14-16-24(22)34-4/h7-18H,1-6H3. The van der Waals surface area contributed by atoms with E-state index in [4.69, 9.17) is 32.1 Å². The van der Waals surface area contributed by atoms with Crippen molar-refractivity contribution < 1.29 is 32.1 Å². The molecule has 0 unspecified atom stereocenters. The Kier molecular flexibility index (Phi) is 9.75. The van der Waals surface area contributed by atoms with Crippen LogP contribution in [0.15, 0.2) is 82.6 Å². The largest absolute Gasteiger partial charge is 0.497 e. The summed E-state index contributed by atoms with van der Waals surface area (Å²) >= 11 is 2.45. The lowest BCUT2D eigenvalue weighted by Crippen LogP contribution is -1.95. The van der Waals surface area contributed by atoms with Crippen LogP contribution in [0.2, 0.25) is 0 Å². The number of ether oxygens (including phenoxy) is 6. The first-order valence-electron chi connectivity index (χ1n) is 11.9. The van der Waals surface area contributed by atoms with E-state index in [2.05, 4.69) is 0 Å². The molecule has 4 rings (SSSR count). The van der Waals surface area contributed by atoms with Crippen LogP contribution < -0.4 is 28.4 Å². The fraction of sp³-hybridized carbons (Fsp3) is 0.200. The van der Waals surface area contributed by atoms with Crippen molar-refractivity contribution in [1.82, 2.24) is 0 Å². The lowest BCUT2D eigenvalue weighted by Gasteiger charge is -2.18. The summed E-state index contributed by atoms with van der Waals surface area (Å²) in [5, 5.41) is 0. The van der Waals surface area contributed by atoms with Crippen LogP contribution in [0.4, 0.5) is 0 Å². The van der Waals surface area contributed by atoms with Crippen molar-refractivity contribution in [2.75, 3.05) is 42.7 Å². The molecule has 0 bridgehead atoms. The molecule has 0 N–H and O–H groups in total. The number of rotatable bonds is 12. The van der Waals surface area contributed by atoms with Crippen LogP contribution in [0.3, 0.4) is 0 Å². The lowest BCUT2D eigenvalue weighted by molar-refractivity contribution is 0.402. The van der Waals surface area contributed by atoms with Gasteiger partial charge in [-0.15, -0.1) is 0 Å². The van der Waals surface area contributed by atoms with E-state index in [1.54, 1.807) is 42.7 Å². The molecule has 4 aromatic rings. The fourth-order valence-corrected chi connectivity index (χ4v) is 5.72. The zero-order valence-corrected chi connectivity index (χ0v) is 24.2. The first kappa shape index (κ1) is 28.4. The van der Waals surface area contributed by atoms with E-state index in [0.717, 1.165) is 32.0 Å². The van der Waals surface area contributed by atoms with Crippen molar-refractivity contribution in [1.29, 1.82) is 0 Å². The number of methoxy groups -OCH3 is 6. The fourth-order valence-electron chi connectivity index (χ4n) is 4.14. The van der Waals surface area contributed by atoms with E-state index in [0.29, 0.717) is 34.5 Å². The quantitative estimate of drug-likeness (QED) is 0.160. The van der Waals surface area contributed by atoms with Gasteiger partial charge in [0.2, 0.25) is 0 Å². The van der Waals surface area contributed by atoms with Gasteiger partial charge in [0.15, 0.2) is 0 Å². The van der Waals surface area contributed by atoms with Gasteiger partial charge < -0.3 is 28.4 Å². The molecule has 204 valence electrons. The van der Waals surface area contributed by atoms with Gasteiger partial charge in [-0.2, -0.15) is 0 Å². The minimum atomic E-state index is 0.684. The van der Waals surface area contributed by atoms with Gasteiger partial charge in [-0.25, -0.2) is 3.63 Å². The Morgan fingerprint density at radius 3 is 1.21 bits per heavy atom. The Bertz CT molecular complexity index is 1320. The third-order valence-corrected chi connectivity index (χ3v) is 7.60. The summed E-state index contributed by atoms with van der Waals surface area (Å²) in [5.74, 6) is 4.16. The summed E-state index contributed by atoms with van der Waals surface area (Å²) in [7, 11) is 9.81. The maximum Gasteiger partial charge on any atom is 0.128 e. The van der Waals surface area contributed by atoms with Gasteiger partial charge in [-0.1, -0.05) is 12.1 Å². The molecule has 0 spiro atoms. The second kappa shape index (κ2) is 13.4. The average molecular weight is 567 g/mol. The van der Waals surface area contributed by atoms with Crippen molar-refractivity contribution in [3.63, 3.8) is 0 Å². The molecule has 0 saturated carbocycles. The van der Waals surface area contributed by atoms with E-state index < -0.39 is 0 Å². The Hall–Kier alpha value is -3.66. The highest BCUT2D eigenvalue weighted by Gasteiger charge is 2.20. The third-order valence-electron chi connectivity index (χ3n) is 6.02. The maximum absolute atomic E-state index is 6.17. The molecule has 0 atom stereocenters. The van der Waals surface area contributed by atoms with Crippen LogP contribution in [0, 0.1) is 0 Å². The Balaban J connectivity index is 1.70. The summed E-state index contributed by atoms with van der Waals surface area (Å²) in [5.41, 5.74) is 3.32. The molecule has 0 aliphatic carbocycles. The Morgan fingerprint density at radius 2 is 0.846 bits per heavy atom. The predicted molar refractivity (Wildman–Crippen MR) is 156 cm³/mol. The average Bonchev–Trinajstić information content (AvgIpc) is 2.99. The molecule has 0 fully saturated rings. The van der Waals surface area contributed by atoms with Gasteiger partial charge in [-0.05, 0) is 60.7 Å². The summed E-state index contributed by atoms with van der Waals surface area (Å²) in [6.45, 7) is 0. The van der Waals surface area contributed by atoms with Crippen LogP contribution in [0.25, 0.3) is 22.3 Å². The van der Waals surface area contributed by atoms with Gasteiger partial charge in [0.25, 0.3) is 0 Å². The molecule has 0 aliphatic heterocycles. The highest BCUT2D eigenvalue weighted by atomic mass is 32.2. The second-order valence-corrected chi connectivity index (χ2v) is 9.79. The molecular formula is C30H30O7S2. The number of benzene rings is 4. The molecule has 0 radical (unpaired) electrons. The molecule has 4 aromatic carbocycles. The molecule has 39 heavy (non-hydrogen) atoms. The smallest absolute Gasteiger partial charge is 0.128 e. The van der Waals surface area contributed by atoms with Crippen molar-refractivity contribution in [2.24, 2.45) is 0 Å². The maximum atomic E-state index is 6.17. The summed E-state index contributed by atoms with van der Waals surface area (Å²) in [6.07, 6.45) is 0. The third kappa shape index (κ3) is 6.16. The van der Waals surface area contributed by atoms with E-state index >= 15 is 0 Å². The Morgan fingerprint density at radius 1 is 0.436 bits per heavy atom. The minimum Gasteiger partial charge on any atom is -0.497 e. The van der Waals surface area contributed by atoms with Crippen molar-refractivity contribution in [3.05, 3.63) is 72.8 Å². The van der Waals surface area contributed by atoms with Gasteiger partial charge in [-0.3, -0.25) is 0 Å². The second-order valence-electron chi connectivity index (χ2n) is 8.03. The zero-order valence-electron chi connectivity index (χ0n) is 22.6. The van der Waals surface area contributed by atoms with Gasteiger partial charge >= 0.3 is 0 Å². The first-order valence-corrected chi connectivity index (χ1v) is 13.4. The molecule has 0 heterocycles. The highest BCUT2D eigenvalue weighted by Crippen LogP contribution is 2.48. The normalized spacial score (nSPS) is 10.6. The number of hydrogen-bond acceptors (Lipinski definition) is 9. The Labute approximate surface area is 237 Å². The van der Waals surface area contributed by atoms with Crippen LogP contribution in [0.5, 0.6) is 34.5 Å². The number of hydrogen-bond donors (Lipinski definition) is 0. The highest BCUT2D eigenvalue weighted by molar-refractivity contribution is 8.08. The van der Waals surface area contributed by atoms with Gasteiger partial charge in [0, 0.05) is 56.1 Å². The molecular weight excluding hydrogens is 536 g/mol. The topological polar surface area (TPSA) is 64.6 Å². The summed E-state index contributed by atoms with van der Waals surface area (Å²) in [4.78, 5) is 1.69. The van der Waals surface area contributed by atoms with Crippen LogP contribution in [-0.2, 0) is 3.63 Å². The monoisotopic (exact) mass is 566 g/mol. The van der Waals surface area contributed by atoms with Crippen molar-refractivity contribution in [3.8, 4) is 56.8 Å². The molecule has 0 aromatic heterocycles. The molecule has 7 nitrogen and oxygen atoms in total. The van der Waals surface area contributed by atoms with Crippen LogP contribution >= 0.6 is 24.1 Å². The minimum absolute atomic E-state index is 0.684. The van der Waals surface area contributed by atoms with Gasteiger partial charge in [0.1, 0.15) is 34.5 Å². The molecule has 0 amide bonds. The van der Waals surface area contributed by atoms with Gasteiger partial charge in [0.05, 0.1) is 42.7 Å². The predicted octanol–water partition coefficient (Wildman–Crippen LogP) is 7.80. The summed E-state index contributed by atoms with van der Waals surface area (Å²) < 4.78 is 39.9. The van der Waals surface area contributed by atoms with Crippen LogP contribution in [-0.4, -0.2) is 42.7 Å².